The van der Waals surface area contributed by atoms with Crippen molar-refractivity contribution >= 4 is 23.5 Å². The summed E-state index contributed by atoms with van der Waals surface area (Å²) in [5.74, 6) is 0.847. The maximum atomic E-state index is 11.2. The molecule has 0 spiro atoms. The Morgan fingerprint density at radius 1 is 1.02 bits per heavy atom. The van der Waals surface area contributed by atoms with Gasteiger partial charge in [0.05, 0.1) is 20.3 Å². The number of benzene rings is 2. The van der Waals surface area contributed by atoms with Crippen LogP contribution in [0.4, 0.5) is 0 Å². The molecule has 1 aromatic heterocycles. The van der Waals surface area contributed by atoms with Gasteiger partial charge in [-0.2, -0.15) is 0 Å². The highest BCUT2D eigenvalue weighted by Gasteiger charge is 2.31. The van der Waals surface area contributed by atoms with E-state index in [-0.39, 0.29) is 18.4 Å². The van der Waals surface area contributed by atoms with E-state index >= 15 is 0 Å². The number of amides is 1. The summed E-state index contributed by atoms with van der Waals surface area (Å²) in [5.41, 5.74) is 6.49. The molecule has 0 radical (unpaired) electrons. The van der Waals surface area contributed by atoms with Gasteiger partial charge in [-0.15, -0.1) is 0 Å². The van der Waals surface area contributed by atoms with Crippen LogP contribution in [0.5, 0.6) is 5.75 Å². The van der Waals surface area contributed by atoms with Crippen molar-refractivity contribution in [2.24, 2.45) is 0 Å². The molecule has 254 valence electrons. The lowest BCUT2D eigenvalue weighted by atomic mass is 9.86. The van der Waals surface area contributed by atoms with Gasteiger partial charge < -0.3 is 24.0 Å². The molecule has 1 unspecified atom stereocenters. The first kappa shape index (κ1) is 38.9. The summed E-state index contributed by atoms with van der Waals surface area (Å²) in [6, 6.07) is 17.0. The number of halogens is 1. The van der Waals surface area contributed by atoms with Crippen LogP contribution in [0.15, 0.2) is 54.7 Å². The first-order valence-electron chi connectivity index (χ1n) is 16.9. The Balaban J connectivity index is 0.000000324. The van der Waals surface area contributed by atoms with Crippen LogP contribution in [0.1, 0.15) is 115 Å². The van der Waals surface area contributed by atoms with E-state index in [4.69, 9.17) is 26.2 Å². The Kier molecular flexibility index (Phi) is 17.0. The van der Waals surface area contributed by atoms with E-state index in [1.165, 1.54) is 58.7 Å². The summed E-state index contributed by atoms with van der Waals surface area (Å²) in [5, 5.41) is 9.43. The number of nitrogens with zero attached hydrogens (tertiary/aromatic N) is 2. The van der Waals surface area contributed by atoms with Gasteiger partial charge in [-0.05, 0) is 72.7 Å². The first-order chi connectivity index (χ1) is 22.2. The highest BCUT2D eigenvalue weighted by molar-refractivity contribution is 6.30. The van der Waals surface area contributed by atoms with E-state index in [1.54, 1.807) is 14.0 Å². The zero-order valence-electron chi connectivity index (χ0n) is 29.1. The van der Waals surface area contributed by atoms with Gasteiger partial charge in [-0.25, -0.2) is 4.79 Å². The number of methoxy groups -OCH3 is 1. The molecule has 46 heavy (non-hydrogen) atoms. The Morgan fingerprint density at radius 2 is 1.72 bits per heavy atom. The van der Waals surface area contributed by atoms with E-state index in [0.717, 1.165) is 17.2 Å². The fourth-order valence-electron chi connectivity index (χ4n) is 5.37. The number of ether oxygens (including phenoxy) is 2. The molecule has 0 bridgehead atoms. The maximum Gasteiger partial charge on any atom is 0.334 e. The number of aryl methyl sites for hydroxylation is 1. The molecule has 2 fully saturated rings. The van der Waals surface area contributed by atoms with Crippen LogP contribution in [0, 0.1) is 0 Å². The van der Waals surface area contributed by atoms with E-state index < -0.39 is 12.1 Å². The number of carbonyl (C=O) groups excluding carboxylic acids is 1. The standard InChI is InChI=1S/C24H26ClNO.C8H13NO4.C4H10.C2H6/c1-4-19-7-6-14-26(19)22-13-12-18(25)15-21(22)16(2)20-8-5-9-23(27-3)24(20)17-10-11-17;1-2-7(10)9-3-4-13-6(5-9)8(11)12;1-3-4-2;1-2/h5-9,12-17H,4,10-11H2,1-3H3;6H,2-5H2,1H3,(H,11,12);3-4H2,1-2H3;1-2H3/t16-;;;/m1.../s1. The molecule has 1 saturated carbocycles. The van der Waals surface area contributed by atoms with Gasteiger partial charge in [0, 0.05) is 47.0 Å². The highest BCUT2D eigenvalue weighted by Crippen LogP contribution is 2.49. The third-order valence-corrected chi connectivity index (χ3v) is 8.42. The average Bonchev–Trinajstić information content (AvgIpc) is 3.84. The van der Waals surface area contributed by atoms with Gasteiger partial charge in [0.25, 0.3) is 0 Å². The number of hydrogen-bond donors (Lipinski definition) is 1. The van der Waals surface area contributed by atoms with Crippen molar-refractivity contribution in [3.05, 3.63) is 82.1 Å². The molecule has 2 aromatic carbocycles. The molecule has 1 N–H and O–H groups in total. The lowest BCUT2D eigenvalue weighted by Crippen LogP contribution is -2.48. The second-order valence-electron chi connectivity index (χ2n) is 11.3. The van der Waals surface area contributed by atoms with Crippen molar-refractivity contribution in [3.8, 4) is 11.4 Å². The van der Waals surface area contributed by atoms with Crippen molar-refractivity contribution in [1.29, 1.82) is 0 Å². The van der Waals surface area contributed by atoms with Crippen molar-refractivity contribution in [2.75, 3.05) is 26.8 Å². The molecule has 2 aliphatic rings. The molecule has 7 nitrogen and oxygen atoms in total. The number of aromatic nitrogens is 1. The third-order valence-electron chi connectivity index (χ3n) is 8.18. The van der Waals surface area contributed by atoms with Crippen molar-refractivity contribution in [1.82, 2.24) is 9.47 Å². The second-order valence-corrected chi connectivity index (χ2v) is 11.7. The summed E-state index contributed by atoms with van der Waals surface area (Å²) in [4.78, 5) is 23.3. The molecule has 3 aromatic rings. The summed E-state index contributed by atoms with van der Waals surface area (Å²) < 4.78 is 13.0. The number of rotatable bonds is 9. The van der Waals surface area contributed by atoms with E-state index in [9.17, 15) is 9.59 Å². The summed E-state index contributed by atoms with van der Waals surface area (Å²) in [7, 11) is 1.77. The second kappa shape index (κ2) is 20.1. The fourth-order valence-corrected chi connectivity index (χ4v) is 5.55. The van der Waals surface area contributed by atoms with Crippen LogP contribution in [0.3, 0.4) is 0 Å². The van der Waals surface area contributed by atoms with Gasteiger partial charge in [0.15, 0.2) is 6.10 Å². The third kappa shape index (κ3) is 10.6. The monoisotopic (exact) mass is 654 g/mol. The van der Waals surface area contributed by atoms with Crippen LogP contribution in [0.2, 0.25) is 5.02 Å². The largest absolute Gasteiger partial charge is 0.496 e. The minimum Gasteiger partial charge on any atom is -0.496 e. The van der Waals surface area contributed by atoms with Crippen LogP contribution in [0.25, 0.3) is 5.69 Å². The van der Waals surface area contributed by atoms with Crippen molar-refractivity contribution in [2.45, 2.75) is 105 Å². The van der Waals surface area contributed by atoms with Crippen LogP contribution >= 0.6 is 11.6 Å². The zero-order valence-corrected chi connectivity index (χ0v) is 29.9. The normalized spacial score (nSPS) is 16.0. The predicted octanol–water partition coefficient (Wildman–Crippen LogP) is 9.27. The number of morpholine rings is 1. The Bertz CT molecular complexity index is 1360. The highest BCUT2D eigenvalue weighted by atomic mass is 35.5. The molecule has 1 aliphatic heterocycles. The molecule has 8 heteroatoms. The lowest BCUT2D eigenvalue weighted by Gasteiger charge is -2.30. The molecular weight excluding hydrogens is 600 g/mol. The number of carboxylic acid groups (broad SMARTS) is 1. The molecule has 2 heterocycles. The molecule has 5 rings (SSSR count). The predicted molar refractivity (Wildman–Crippen MR) is 189 cm³/mol. The SMILES string of the molecule is CC.CCC(=O)N1CCOC(C(=O)O)C1.CCCC.CCc1cccn1-c1ccc(Cl)cc1[C@H](C)c1cccc(OC)c1C1CC1. The zero-order chi connectivity index (χ0) is 34.2. The number of carbonyl (C=O) groups is 2. The number of unbranched alkanes of at least 4 members (excludes halogenated alkanes) is 1. The van der Waals surface area contributed by atoms with Gasteiger partial charge in [0.1, 0.15) is 5.75 Å². The number of hydrogen-bond acceptors (Lipinski definition) is 4. The molecule has 2 atom stereocenters. The number of carboxylic acids is 1. The Morgan fingerprint density at radius 3 is 2.28 bits per heavy atom. The van der Waals surface area contributed by atoms with Crippen molar-refractivity contribution in [3.63, 3.8) is 0 Å². The average molecular weight is 655 g/mol. The van der Waals surface area contributed by atoms with Crippen LogP contribution in [-0.4, -0.2) is 59.4 Å². The minimum absolute atomic E-state index is 0.0189. The van der Waals surface area contributed by atoms with Gasteiger partial charge >= 0.3 is 5.97 Å². The van der Waals surface area contributed by atoms with Gasteiger partial charge in [0.2, 0.25) is 5.91 Å². The van der Waals surface area contributed by atoms with E-state index in [1.807, 2.05) is 19.9 Å². The van der Waals surface area contributed by atoms with Crippen LogP contribution in [-0.2, 0) is 20.7 Å². The maximum absolute atomic E-state index is 11.2. The topological polar surface area (TPSA) is 81.0 Å². The molecule has 1 amide bonds. The van der Waals surface area contributed by atoms with Gasteiger partial charge in [-0.1, -0.05) is 85.0 Å². The number of aliphatic carboxylic acids is 1. The molecule has 1 aliphatic carbocycles. The van der Waals surface area contributed by atoms with E-state index in [0.29, 0.717) is 25.5 Å². The van der Waals surface area contributed by atoms with Crippen molar-refractivity contribution < 1.29 is 24.2 Å². The molecule has 1 saturated heterocycles. The van der Waals surface area contributed by atoms with E-state index in [2.05, 4.69) is 80.9 Å². The molecular formula is C38H55ClN2O5. The summed E-state index contributed by atoms with van der Waals surface area (Å²) in [6.45, 7) is 15.6. The Labute approximate surface area is 281 Å². The minimum atomic E-state index is -1.01. The summed E-state index contributed by atoms with van der Waals surface area (Å²) >= 11 is 6.42. The van der Waals surface area contributed by atoms with Crippen LogP contribution < -0.4 is 4.74 Å². The smallest absolute Gasteiger partial charge is 0.334 e. The Hall–Kier alpha value is -3.29. The first-order valence-corrected chi connectivity index (χ1v) is 17.3. The van der Waals surface area contributed by atoms with Gasteiger partial charge in [-0.3, -0.25) is 4.79 Å². The lowest BCUT2D eigenvalue weighted by molar-refractivity contribution is -0.159. The fraction of sp³-hybridized carbons (Fsp3) is 0.526. The quantitative estimate of drug-likeness (QED) is 0.249. The summed E-state index contributed by atoms with van der Waals surface area (Å²) in [6.07, 6.45) is 7.83.